The minimum absolute atomic E-state index is 0.329. The quantitative estimate of drug-likeness (QED) is 0.384. The van der Waals surface area contributed by atoms with Crippen LogP contribution in [0.5, 0.6) is 0 Å². The Kier molecular flexibility index (Phi) is 4.44. The first-order valence-electron chi connectivity index (χ1n) is 2.93. The SMILES string of the molecule is O=C=N[Se]c1cocc1[Se]N=C=O. The van der Waals surface area contributed by atoms with E-state index in [2.05, 4.69) is 8.02 Å². The van der Waals surface area contributed by atoms with Gasteiger partial charge < -0.3 is 0 Å². The van der Waals surface area contributed by atoms with Gasteiger partial charge in [-0.05, 0) is 0 Å². The van der Waals surface area contributed by atoms with Crippen molar-refractivity contribution in [1.29, 1.82) is 0 Å². The summed E-state index contributed by atoms with van der Waals surface area (Å²) in [6.07, 6.45) is 5.90. The first-order valence-corrected chi connectivity index (χ1v) is 6.17. The normalized spacial score (nSPS) is 8.62. The van der Waals surface area contributed by atoms with Crippen LogP contribution >= 0.6 is 0 Å². The molecular formula is C6H2N2O3Se2. The molecule has 0 spiro atoms. The fraction of sp³-hybridized carbons (Fsp3) is 0. The van der Waals surface area contributed by atoms with E-state index in [-0.39, 0.29) is 30.3 Å². The van der Waals surface area contributed by atoms with Crippen molar-refractivity contribution in [2.24, 2.45) is 8.02 Å². The number of nitrogens with zero attached hydrogens (tertiary/aromatic N) is 2. The zero-order valence-electron chi connectivity index (χ0n) is 6.09. The Balaban J connectivity index is 2.75. The second-order valence-corrected chi connectivity index (χ2v) is 5.03. The van der Waals surface area contributed by atoms with Crippen molar-refractivity contribution in [3.8, 4) is 0 Å². The van der Waals surface area contributed by atoms with Gasteiger partial charge in [-0.3, -0.25) is 0 Å². The molecule has 0 aliphatic heterocycles. The van der Waals surface area contributed by atoms with E-state index in [0.717, 1.165) is 8.92 Å². The molecule has 0 saturated heterocycles. The molecule has 1 aromatic rings. The zero-order valence-corrected chi connectivity index (χ0v) is 9.52. The Labute approximate surface area is 86.1 Å². The first kappa shape index (κ1) is 10.2. The molecule has 1 heterocycles. The van der Waals surface area contributed by atoms with Crippen LogP contribution in [0.1, 0.15) is 0 Å². The molecule has 7 heteroatoms. The summed E-state index contributed by atoms with van der Waals surface area (Å²) in [5.41, 5.74) is 0. The molecule has 0 aromatic carbocycles. The van der Waals surface area contributed by atoms with Crippen LogP contribution in [0.2, 0.25) is 0 Å². The molecule has 0 bridgehead atoms. The van der Waals surface area contributed by atoms with Crippen molar-refractivity contribution in [3.63, 3.8) is 0 Å². The van der Waals surface area contributed by atoms with E-state index in [1.165, 1.54) is 24.7 Å². The van der Waals surface area contributed by atoms with Gasteiger partial charge in [-0.25, -0.2) is 0 Å². The van der Waals surface area contributed by atoms with E-state index >= 15 is 0 Å². The number of isocyanates is 2. The van der Waals surface area contributed by atoms with E-state index in [9.17, 15) is 9.59 Å². The molecular weight excluding hydrogens is 306 g/mol. The molecule has 0 unspecified atom stereocenters. The van der Waals surface area contributed by atoms with Crippen LogP contribution in [-0.4, -0.2) is 42.5 Å². The first-order chi connectivity index (χ1) is 6.38. The molecule has 0 saturated carbocycles. The molecule has 0 aliphatic carbocycles. The number of hydrogen-bond donors (Lipinski definition) is 0. The van der Waals surface area contributed by atoms with Crippen molar-refractivity contribution in [2.45, 2.75) is 0 Å². The van der Waals surface area contributed by atoms with Gasteiger partial charge in [-0.2, -0.15) is 0 Å². The molecule has 66 valence electrons. The van der Waals surface area contributed by atoms with Crippen LogP contribution in [0.4, 0.5) is 0 Å². The van der Waals surface area contributed by atoms with E-state index in [0.29, 0.717) is 0 Å². The Morgan fingerprint density at radius 1 is 1.08 bits per heavy atom. The van der Waals surface area contributed by atoms with Gasteiger partial charge >= 0.3 is 86.0 Å². The van der Waals surface area contributed by atoms with Crippen LogP contribution in [0, 0.1) is 0 Å². The molecule has 5 nitrogen and oxygen atoms in total. The molecule has 0 radical (unpaired) electrons. The number of carbonyl (C=O) groups excluding carboxylic acids is 2. The summed E-state index contributed by atoms with van der Waals surface area (Å²) in [5.74, 6) is 0. The van der Waals surface area contributed by atoms with E-state index in [1.54, 1.807) is 0 Å². The summed E-state index contributed by atoms with van der Waals surface area (Å²) in [5, 5.41) is 0. The summed E-state index contributed by atoms with van der Waals surface area (Å²) < 4.78 is 13.4. The van der Waals surface area contributed by atoms with E-state index in [4.69, 9.17) is 4.42 Å². The Morgan fingerprint density at radius 2 is 1.54 bits per heavy atom. The van der Waals surface area contributed by atoms with Crippen molar-refractivity contribution in [1.82, 2.24) is 0 Å². The molecule has 13 heavy (non-hydrogen) atoms. The van der Waals surface area contributed by atoms with Gasteiger partial charge in [0.2, 0.25) is 0 Å². The minimum atomic E-state index is -0.329. The number of hydrogen-bond acceptors (Lipinski definition) is 5. The second kappa shape index (κ2) is 5.68. The van der Waals surface area contributed by atoms with Crippen LogP contribution in [0.3, 0.4) is 0 Å². The van der Waals surface area contributed by atoms with E-state index < -0.39 is 0 Å². The topological polar surface area (TPSA) is 72.0 Å². The van der Waals surface area contributed by atoms with Crippen molar-refractivity contribution >= 4 is 51.4 Å². The van der Waals surface area contributed by atoms with Gasteiger partial charge in [0.15, 0.2) is 0 Å². The average molecular weight is 308 g/mol. The molecule has 0 amide bonds. The third kappa shape index (κ3) is 3.13. The molecule has 1 rings (SSSR count). The summed E-state index contributed by atoms with van der Waals surface area (Å²) in [6.45, 7) is 0. The third-order valence-electron chi connectivity index (χ3n) is 0.956. The molecule has 0 fully saturated rings. The van der Waals surface area contributed by atoms with Crippen LogP contribution < -0.4 is 8.92 Å². The summed E-state index contributed by atoms with van der Waals surface area (Å²) in [7, 11) is 0. The third-order valence-corrected chi connectivity index (χ3v) is 4.46. The summed E-state index contributed by atoms with van der Waals surface area (Å²) in [4.78, 5) is 19.7. The van der Waals surface area contributed by atoms with Gasteiger partial charge in [0.05, 0.1) is 0 Å². The van der Waals surface area contributed by atoms with E-state index in [1.807, 2.05) is 0 Å². The van der Waals surface area contributed by atoms with Gasteiger partial charge in [-0.1, -0.05) is 0 Å². The van der Waals surface area contributed by atoms with Crippen LogP contribution in [0.15, 0.2) is 25.0 Å². The van der Waals surface area contributed by atoms with Crippen molar-refractivity contribution < 1.29 is 14.0 Å². The number of rotatable bonds is 4. The van der Waals surface area contributed by atoms with Gasteiger partial charge in [0.25, 0.3) is 0 Å². The van der Waals surface area contributed by atoms with Gasteiger partial charge in [0, 0.05) is 0 Å². The summed E-state index contributed by atoms with van der Waals surface area (Å²) in [6, 6.07) is 0. The Hall–Kier alpha value is -0.921. The van der Waals surface area contributed by atoms with Gasteiger partial charge in [-0.15, -0.1) is 0 Å². The fourth-order valence-corrected chi connectivity index (χ4v) is 2.92. The number of furan rings is 1. The second-order valence-electron chi connectivity index (χ2n) is 1.65. The van der Waals surface area contributed by atoms with Crippen molar-refractivity contribution in [2.75, 3.05) is 0 Å². The van der Waals surface area contributed by atoms with Crippen molar-refractivity contribution in [3.05, 3.63) is 12.5 Å². The molecule has 0 atom stereocenters. The monoisotopic (exact) mass is 310 g/mol. The molecule has 1 aromatic heterocycles. The predicted octanol–water partition coefficient (Wildman–Crippen LogP) is -1.56. The molecule has 0 N–H and O–H groups in total. The average Bonchev–Trinajstić information content (AvgIpc) is 2.59. The standard InChI is InChI=1S/C6H2N2O3Se2/c9-3-7-12-5-1-11-2-6(5)13-8-4-10/h1-2H. The van der Waals surface area contributed by atoms with Crippen LogP contribution in [-0.2, 0) is 9.59 Å². The maximum atomic E-state index is 9.84. The molecule has 0 aliphatic rings. The zero-order chi connectivity index (χ0) is 9.52. The predicted molar refractivity (Wildman–Crippen MR) is 45.7 cm³/mol. The maximum absolute atomic E-state index is 9.84. The Morgan fingerprint density at radius 3 is 1.92 bits per heavy atom. The summed E-state index contributed by atoms with van der Waals surface area (Å²) >= 11 is -0.658. The van der Waals surface area contributed by atoms with Gasteiger partial charge in [0.1, 0.15) is 0 Å². The Bertz CT molecular complexity index is 342. The fourth-order valence-electron chi connectivity index (χ4n) is 0.542. The van der Waals surface area contributed by atoms with Crippen LogP contribution in [0.25, 0.3) is 0 Å².